The van der Waals surface area contributed by atoms with Crippen molar-refractivity contribution in [2.45, 2.75) is 26.7 Å². The van der Waals surface area contributed by atoms with Crippen LogP contribution < -0.4 is 20.3 Å². The maximum Gasteiger partial charge on any atom is 0.279 e. The zero-order valence-electron chi connectivity index (χ0n) is 15.6. The van der Waals surface area contributed by atoms with Crippen molar-refractivity contribution in [2.24, 2.45) is 0 Å². The van der Waals surface area contributed by atoms with Gasteiger partial charge in [-0.3, -0.25) is 20.4 Å². The summed E-state index contributed by atoms with van der Waals surface area (Å²) in [6.07, 6.45) is 4.55. The van der Waals surface area contributed by atoms with Gasteiger partial charge in [-0.2, -0.15) is 0 Å². The predicted octanol–water partition coefficient (Wildman–Crippen LogP) is 3.91. The molecule has 0 radical (unpaired) electrons. The monoisotopic (exact) mass is 420 g/mol. The fraction of sp³-hybridized carbons (Fsp3) is 0.300. The topological polar surface area (TPSA) is 76.7 Å². The number of hydrogen-bond donors (Lipinski definition) is 2. The Balaban J connectivity index is 1.60. The van der Waals surface area contributed by atoms with Crippen molar-refractivity contribution in [2.75, 3.05) is 13.2 Å². The quantitative estimate of drug-likeness (QED) is 0.580. The van der Waals surface area contributed by atoms with Crippen LogP contribution in [-0.2, 0) is 11.2 Å². The largest absolute Gasteiger partial charge is 0.489 e. The summed E-state index contributed by atoms with van der Waals surface area (Å²) in [6.45, 7) is 5.10. The van der Waals surface area contributed by atoms with Crippen molar-refractivity contribution in [1.29, 1.82) is 0 Å². The third kappa shape index (κ3) is 4.85. The standard InChI is InChI=1S/C20H21ClN2O4S/c1-3-16-12(2)9-17(28-16)20(25)23-22-18(24)6-5-13-10-14(21)19-15(11-13)26-7-4-8-27-19/h5-6,9-11H,3-4,7-8H2,1-2H3,(H,22,24)(H,23,25)/b6-5+. The van der Waals surface area contributed by atoms with E-state index in [4.69, 9.17) is 21.1 Å². The van der Waals surface area contributed by atoms with Gasteiger partial charge in [-0.1, -0.05) is 18.5 Å². The van der Waals surface area contributed by atoms with Crippen LogP contribution in [0.2, 0.25) is 5.02 Å². The van der Waals surface area contributed by atoms with Crippen molar-refractivity contribution < 1.29 is 19.1 Å². The van der Waals surface area contributed by atoms with E-state index in [1.807, 2.05) is 19.9 Å². The number of carbonyl (C=O) groups excluding carboxylic acids is 2. The Morgan fingerprint density at radius 1 is 1.21 bits per heavy atom. The van der Waals surface area contributed by atoms with Crippen molar-refractivity contribution >= 4 is 40.8 Å². The smallest absolute Gasteiger partial charge is 0.279 e. The van der Waals surface area contributed by atoms with Gasteiger partial charge in [-0.25, -0.2) is 0 Å². The van der Waals surface area contributed by atoms with Crippen LogP contribution in [0.3, 0.4) is 0 Å². The first-order chi connectivity index (χ1) is 13.5. The Kier molecular flexibility index (Phi) is 6.59. The van der Waals surface area contributed by atoms with Crippen LogP contribution in [0.25, 0.3) is 6.08 Å². The molecular weight excluding hydrogens is 400 g/mol. The second-order valence-electron chi connectivity index (χ2n) is 6.23. The summed E-state index contributed by atoms with van der Waals surface area (Å²) in [5, 5.41) is 0.424. The molecule has 1 aliphatic rings. The van der Waals surface area contributed by atoms with Crippen LogP contribution >= 0.6 is 22.9 Å². The van der Waals surface area contributed by atoms with E-state index in [-0.39, 0.29) is 5.91 Å². The summed E-state index contributed by atoms with van der Waals surface area (Å²) >= 11 is 7.66. The fourth-order valence-electron chi connectivity index (χ4n) is 2.72. The van der Waals surface area contributed by atoms with Crippen molar-refractivity contribution in [1.82, 2.24) is 10.9 Å². The number of aryl methyl sites for hydroxylation is 2. The van der Waals surface area contributed by atoms with Gasteiger partial charge in [0.05, 0.1) is 23.1 Å². The molecule has 0 unspecified atom stereocenters. The van der Waals surface area contributed by atoms with Gasteiger partial charge in [-0.15, -0.1) is 11.3 Å². The molecule has 2 amide bonds. The van der Waals surface area contributed by atoms with Crippen molar-refractivity contribution in [3.8, 4) is 11.5 Å². The average Bonchev–Trinajstić information content (AvgIpc) is 2.89. The first kappa shape index (κ1) is 20.2. The average molecular weight is 421 g/mol. The Hall–Kier alpha value is -2.51. The number of hydrazine groups is 1. The van der Waals surface area contributed by atoms with Gasteiger partial charge in [0, 0.05) is 17.4 Å². The van der Waals surface area contributed by atoms with E-state index in [0.29, 0.717) is 40.2 Å². The maximum atomic E-state index is 12.2. The Morgan fingerprint density at radius 3 is 2.75 bits per heavy atom. The summed E-state index contributed by atoms with van der Waals surface area (Å²) in [7, 11) is 0. The predicted molar refractivity (Wildman–Crippen MR) is 110 cm³/mol. The molecule has 8 heteroatoms. The van der Waals surface area contributed by atoms with E-state index < -0.39 is 5.91 Å². The lowest BCUT2D eigenvalue weighted by Crippen LogP contribution is -2.40. The minimum Gasteiger partial charge on any atom is -0.489 e. The number of thiophene rings is 1. The SMILES string of the molecule is CCc1sc(C(=O)NNC(=O)/C=C/c2cc(Cl)c3c(c2)OCCCO3)cc1C. The highest BCUT2D eigenvalue weighted by atomic mass is 35.5. The molecule has 0 aliphatic carbocycles. The van der Waals surface area contributed by atoms with E-state index in [0.717, 1.165) is 23.3 Å². The van der Waals surface area contributed by atoms with Gasteiger partial charge in [-0.05, 0) is 48.7 Å². The fourth-order valence-corrected chi connectivity index (χ4v) is 4.01. The normalized spacial score (nSPS) is 13.2. The number of fused-ring (bicyclic) bond motifs is 1. The molecule has 148 valence electrons. The third-order valence-corrected chi connectivity index (χ3v) is 5.78. The van der Waals surface area contributed by atoms with Crippen LogP contribution in [0.4, 0.5) is 0 Å². The highest BCUT2D eigenvalue weighted by Gasteiger charge is 2.15. The Bertz CT molecular complexity index is 923. The molecule has 28 heavy (non-hydrogen) atoms. The number of benzene rings is 1. The molecule has 0 saturated heterocycles. The number of rotatable bonds is 4. The lowest BCUT2D eigenvalue weighted by molar-refractivity contribution is -0.117. The summed E-state index contributed by atoms with van der Waals surface area (Å²) in [6, 6.07) is 5.27. The van der Waals surface area contributed by atoms with Gasteiger partial charge >= 0.3 is 0 Å². The highest BCUT2D eigenvalue weighted by Crippen LogP contribution is 2.38. The molecule has 1 aromatic carbocycles. The van der Waals surface area contributed by atoms with Gasteiger partial charge in [0.2, 0.25) is 0 Å². The summed E-state index contributed by atoms with van der Waals surface area (Å²) in [4.78, 5) is 25.9. The Labute approximate surface area is 172 Å². The van der Waals surface area contributed by atoms with Gasteiger partial charge < -0.3 is 9.47 Å². The number of nitrogens with one attached hydrogen (secondary N) is 2. The maximum absolute atomic E-state index is 12.2. The Morgan fingerprint density at radius 2 is 2.00 bits per heavy atom. The molecule has 2 heterocycles. The molecule has 2 N–H and O–H groups in total. The third-order valence-electron chi connectivity index (χ3n) is 4.12. The second kappa shape index (κ2) is 9.12. The molecule has 1 aliphatic heterocycles. The number of carbonyl (C=O) groups is 2. The molecule has 2 aromatic rings. The van der Waals surface area contributed by atoms with Crippen molar-refractivity contribution in [3.63, 3.8) is 0 Å². The molecule has 0 fully saturated rings. The highest BCUT2D eigenvalue weighted by molar-refractivity contribution is 7.14. The summed E-state index contributed by atoms with van der Waals surface area (Å²) in [5.41, 5.74) is 6.57. The van der Waals surface area contributed by atoms with Gasteiger partial charge in [0.15, 0.2) is 11.5 Å². The lowest BCUT2D eigenvalue weighted by Gasteiger charge is -2.10. The minimum absolute atomic E-state index is 0.340. The van der Waals surface area contributed by atoms with Crippen LogP contribution in [0.15, 0.2) is 24.3 Å². The molecule has 0 bridgehead atoms. The first-order valence-electron chi connectivity index (χ1n) is 8.94. The molecule has 0 atom stereocenters. The van der Waals surface area contributed by atoms with Crippen LogP contribution in [-0.4, -0.2) is 25.0 Å². The molecule has 3 rings (SSSR count). The zero-order chi connectivity index (χ0) is 20.1. The van der Waals surface area contributed by atoms with Crippen LogP contribution in [0, 0.1) is 6.92 Å². The lowest BCUT2D eigenvalue weighted by atomic mass is 10.2. The van der Waals surface area contributed by atoms with E-state index in [1.54, 1.807) is 18.2 Å². The minimum atomic E-state index is -0.458. The molecule has 0 spiro atoms. The number of hydrogen-bond acceptors (Lipinski definition) is 5. The molecule has 6 nitrogen and oxygen atoms in total. The first-order valence-corrected chi connectivity index (χ1v) is 10.1. The van der Waals surface area contributed by atoms with E-state index in [9.17, 15) is 9.59 Å². The molecule has 1 aromatic heterocycles. The van der Waals surface area contributed by atoms with Gasteiger partial charge in [0.25, 0.3) is 11.8 Å². The van der Waals surface area contributed by atoms with E-state index in [2.05, 4.69) is 10.9 Å². The number of halogens is 1. The van der Waals surface area contributed by atoms with Crippen molar-refractivity contribution in [3.05, 3.63) is 50.2 Å². The van der Waals surface area contributed by atoms with Gasteiger partial charge in [0.1, 0.15) is 0 Å². The molecule has 0 saturated carbocycles. The zero-order valence-corrected chi connectivity index (χ0v) is 17.2. The number of amides is 2. The molecular formula is C20H21ClN2O4S. The summed E-state index contributed by atoms with van der Waals surface area (Å²) < 4.78 is 11.2. The number of ether oxygens (including phenoxy) is 2. The van der Waals surface area contributed by atoms with Crippen LogP contribution in [0.5, 0.6) is 11.5 Å². The van der Waals surface area contributed by atoms with E-state index >= 15 is 0 Å². The van der Waals surface area contributed by atoms with E-state index in [1.165, 1.54) is 17.4 Å². The van der Waals surface area contributed by atoms with Crippen LogP contribution in [0.1, 0.15) is 39.0 Å². The second-order valence-corrected chi connectivity index (χ2v) is 7.77. The summed E-state index contributed by atoms with van der Waals surface area (Å²) in [5.74, 6) is 0.276.